The number of ether oxygens (including phenoxy) is 1. The molecule has 1 heterocycles. The van der Waals surface area contributed by atoms with Gasteiger partial charge in [0.25, 0.3) is 0 Å². The average Bonchev–Trinajstić information content (AvgIpc) is 1.59. The highest BCUT2D eigenvalue weighted by atomic mass is 16.6. The SMILES string of the molecule is C[C@@H]1C[C@H](N)CC(O)O1. The van der Waals surface area contributed by atoms with Crippen molar-refractivity contribution in [2.75, 3.05) is 0 Å². The zero-order chi connectivity index (χ0) is 6.85. The first-order valence-electron chi connectivity index (χ1n) is 3.27. The van der Waals surface area contributed by atoms with Crippen molar-refractivity contribution in [2.24, 2.45) is 5.73 Å². The van der Waals surface area contributed by atoms with Gasteiger partial charge in [-0.1, -0.05) is 0 Å². The minimum Gasteiger partial charge on any atom is -0.368 e. The summed E-state index contributed by atoms with van der Waals surface area (Å²) in [6, 6.07) is 0.115. The van der Waals surface area contributed by atoms with Crippen molar-refractivity contribution in [3.8, 4) is 0 Å². The molecule has 3 heteroatoms. The molecule has 3 atom stereocenters. The molecule has 0 saturated carbocycles. The molecule has 3 nitrogen and oxygen atoms in total. The quantitative estimate of drug-likeness (QED) is 0.480. The normalized spacial score (nSPS) is 45.0. The number of rotatable bonds is 0. The van der Waals surface area contributed by atoms with E-state index in [4.69, 9.17) is 15.6 Å². The Bertz CT molecular complexity index is 72.0. The molecule has 1 rings (SSSR count). The molecule has 0 aromatic heterocycles. The predicted octanol–water partition coefficient (Wildman–Crippen LogP) is -0.169. The topological polar surface area (TPSA) is 55.5 Å². The molecule has 1 aliphatic rings. The van der Waals surface area contributed by atoms with E-state index in [0.717, 1.165) is 6.42 Å². The fraction of sp³-hybridized carbons (Fsp3) is 1.00. The second-order valence-electron chi connectivity index (χ2n) is 2.63. The van der Waals surface area contributed by atoms with E-state index in [1.807, 2.05) is 6.92 Å². The highest BCUT2D eigenvalue weighted by Crippen LogP contribution is 2.15. The van der Waals surface area contributed by atoms with Gasteiger partial charge in [0.2, 0.25) is 0 Å². The first-order chi connectivity index (χ1) is 4.18. The van der Waals surface area contributed by atoms with Crippen LogP contribution in [0.15, 0.2) is 0 Å². The average molecular weight is 131 g/mol. The van der Waals surface area contributed by atoms with Gasteiger partial charge in [0.1, 0.15) is 0 Å². The van der Waals surface area contributed by atoms with Gasteiger partial charge in [-0.3, -0.25) is 0 Å². The fourth-order valence-corrected chi connectivity index (χ4v) is 1.16. The molecule has 0 aliphatic carbocycles. The smallest absolute Gasteiger partial charge is 0.156 e. The third-order valence-electron chi connectivity index (χ3n) is 1.53. The molecule has 0 radical (unpaired) electrons. The van der Waals surface area contributed by atoms with Crippen LogP contribution in [-0.4, -0.2) is 23.5 Å². The Labute approximate surface area is 54.8 Å². The van der Waals surface area contributed by atoms with Crippen molar-refractivity contribution in [2.45, 2.75) is 38.2 Å². The summed E-state index contributed by atoms with van der Waals surface area (Å²) in [6.07, 6.45) is 0.911. The predicted molar refractivity (Wildman–Crippen MR) is 33.8 cm³/mol. The standard InChI is InChI=1S/C6H13NO2/c1-4-2-5(7)3-6(8)9-4/h4-6,8H,2-3,7H2,1H3/t4-,5+,6?/m1/s1. The maximum atomic E-state index is 8.95. The van der Waals surface area contributed by atoms with Gasteiger partial charge in [-0.05, 0) is 13.3 Å². The Balaban J connectivity index is 2.34. The number of hydrogen-bond donors (Lipinski definition) is 2. The fourth-order valence-electron chi connectivity index (χ4n) is 1.16. The van der Waals surface area contributed by atoms with Crippen LogP contribution < -0.4 is 5.73 Å². The van der Waals surface area contributed by atoms with Gasteiger partial charge in [-0.25, -0.2) is 0 Å². The van der Waals surface area contributed by atoms with E-state index in [9.17, 15) is 0 Å². The van der Waals surface area contributed by atoms with E-state index in [1.165, 1.54) is 0 Å². The highest BCUT2D eigenvalue weighted by molar-refractivity contribution is 4.72. The largest absolute Gasteiger partial charge is 0.368 e. The molecule has 1 saturated heterocycles. The van der Waals surface area contributed by atoms with Crippen molar-refractivity contribution in [1.29, 1.82) is 0 Å². The van der Waals surface area contributed by atoms with Gasteiger partial charge in [0.05, 0.1) is 6.10 Å². The van der Waals surface area contributed by atoms with Gasteiger partial charge in [-0.15, -0.1) is 0 Å². The van der Waals surface area contributed by atoms with Crippen LogP contribution in [0.1, 0.15) is 19.8 Å². The zero-order valence-corrected chi connectivity index (χ0v) is 5.58. The number of nitrogens with two attached hydrogens (primary N) is 1. The van der Waals surface area contributed by atoms with Gasteiger partial charge in [0, 0.05) is 12.5 Å². The number of aliphatic hydroxyl groups is 1. The first kappa shape index (κ1) is 6.99. The summed E-state index contributed by atoms with van der Waals surface area (Å²) >= 11 is 0. The molecule has 1 fully saturated rings. The van der Waals surface area contributed by atoms with Crippen LogP contribution in [-0.2, 0) is 4.74 Å². The minimum absolute atomic E-state index is 0.115. The first-order valence-corrected chi connectivity index (χ1v) is 3.27. The lowest BCUT2D eigenvalue weighted by atomic mass is 10.0. The van der Waals surface area contributed by atoms with Crippen molar-refractivity contribution < 1.29 is 9.84 Å². The number of hydrogen-bond acceptors (Lipinski definition) is 3. The molecule has 0 aromatic carbocycles. The molecule has 54 valence electrons. The van der Waals surface area contributed by atoms with Gasteiger partial charge in [0.15, 0.2) is 6.29 Å². The molecule has 3 N–H and O–H groups in total. The summed E-state index contributed by atoms with van der Waals surface area (Å²) in [4.78, 5) is 0. The third-order valence-corrected chi connectivity index (χ3v) is 1.53. The highest BCUT2D eigenvalue weighted by Gasteiger charge is 2.22. The Hall–Kier alpha value is -0.120. The lowest BCUT2D eigenvalue weighted by Gasteiger charge is -2.28. The molecule has 9 heavy (non-hydrogen) atoms. The Morgan fingerprint density at radius 2 is 2.22 bits per heavy atom. The molecular formula is C6H13NO2. The molecule has 0 bridgehead atoms. The van der Waals surface area contributed by atoms with E-state index in [2.05, 4.69) is 0 Å². The molecule has 0 spiro atoms. The Kier molecular flexibility index (Phi) is 2.05. The summed E-state index contributed by atoms with van der Waals surface area (Å²) in [5, 5.41) is 8.95. The van der Waals surface area contributed by atoms with Crippen LogP contribution in [0.4, 0.5) is 0 Å². The van der Waals surface area contributed by atoms with Crippen molar-refractivity contribution in [1.82, 2.24) is 0 Å². The Morgan fingerprint density at radius 3 is 2.67 bits per heavy atom. The van der Waals surface area contributed by atoms with Crippen LogP contribution in [0.3, 0.4) is 0 Å². The summed E-state index contributed by atoms with van der Waals surface area (Å²) in [5.41, 5.74) is 5.58. The summed E-state index contributed by atoms with van der Waals surface area (Å²) < 4.78 is 5.03. The molecule has 0 amide bonds. The Morgan fingerprint density at radius 1 is 1.56 bits per heavy atom. The number of aliphatic hydroxyl groups excluding tert-OH is 1. The summed E-state index contributed by atoms with van der Waals surface area (Å²) in [7, 11) is 0. The van der Waals surface area contributed by atoms with Crippen LogP contribution in [0.2, 0.25) is 0 Å². The summed E-state index contributed by atoms with van der Waals surface area (Å²) in [6.45, 7) is 1.92. The lowest BCUT2D eigenvalue weighted by molar-refractivity contribution is -0.161. The van der Waals surface area contributed by atoms with Crippen LogP contribution in [0, 0.1) is 0 Å². The molecule has 0 aromatic rings. The summed E-state index contributed by atoms with van der Waals surface area (Å²) in [5.74, 6) is 0. The van der Waals surface area contributed by atoms with E-state index in [-0.39, 0.29) is 12.1 Å². The maximum Gasteiger partial charge on any atom is 0.156 e. The van der Waals surface area contributed by atoms with Crippen molar-refractivity contribution in [3.63, 3.8) is 0 Å². The second-order valence-corrected chi connectivity index (χ2v) is 2.63. The van der Waals surface area contributed by atoms with Gasteiger partial charge in [-0.2, -0.15) is 0 Å². The van der Waals surface area contributed by atoms with E-state index in [0.29, 0.717) is 6.42 Å². The maximum absolute atomic E-state index is 8.95. The molecule has 1 aliphatic heterocycles. The van der Waals surface area contributed by atoms with Gasteiger partial charge < -0.3 is 15.6 Å². The van der Waals surface area contributed by atoms with Crippen molar-refractivity contribution in [3.05, 3.63) is 0 Å². The van der Waals surface area contributed by atoms with E-state index < -0.39 is 6.29 Å². The zero-order valence-electron chi connectivity index (χ0n) is 5.58. The third kappa shape index (κ3) is 1.93. The van der Waals surface area contributed by atoms with Crippen LogP contribution in [0.5, 0.6) is 0 Å². The van der Waals surface area contributed by atoms with Crippen LogP contribution >= 0.6 is 0 Å². The van der Waals surface area contributed by atoms with E-state index >= 15 is 0 Å². The lowest BCUT2D eigenvalue weighted by Crippen LogP contribution is -2.38. The second kappa shape index (κ2) is 2.64. The van der Waals surface area contributed by atoms with Crippen molar-refractivity contribution >= 4 is 0 Å². The molecule has 1 unspecified atom stereocenters. The monoisotopic (exact) mass is 131 g/mol. The van der Waals surface area contributed by atoms with Gasteiger partial charge >= 0.3 is 0 Å². The van der Waals surface area contributed by atoms with E-state index in [1.54, 1.807) is 0 Å². The minimum atomic E-state index is -0.635. The van der Waals surface area contributed by atoms with Crippen LogP contribution in [0.25, 0.3) is 0 Å². The molecular weight excluding hydrogens is 118 g/mol.